The monoisotopic (exact) mass is 301 g/mol. The summed E-state index contributed by atoms with van der Waals surface area (Å²) in [6.45, 7) is 1.04. The molecular weight excluding hydrogens is 282 g/mol. The Labute approximate surface area is 118 Å². The number of carbonyl (C=O) groups excluding carboxylic acids is 1. The van der Waals surface area contributed by atoms with Crippen LogP contribution in [0.5, 0.6) is 0 Å². The minimum Gasteiger partial charge on any atom is -0.369 e. The first-order chi connectivity index (χ1) is 9.41. The van der Waals surface area contributed by atoms with Crippen LogP contribution >= 0.6 is 0 Å². The number of sulfonamides is 1. The average molecular weight is 301 g/mol. The highest BCUT2D eigenvalue weighted by atomic mass is 32.2. The summed E-state index contributed by atoms with van der Waals surface area (Å²) in [5, 5.41) is 3.07. The summed E-state index contributed by atoms with van der Waals surface area (Å²) in [7, 11) is -2.13. The maximum atomic E-state index is 12.6. The zero-order chi connectivity index (χ0) is 14.8. The first-order valence-electron chi connectivity index (χ1n) is 6.40. The lowest BCUT2D eigenvalue weighted by Crippen LogP contribution is -2.51. The number of nitrogens with zero attached hydrogens (tertiary/aromatic N) is 3. The highest BCUT2D eigenvalue weighted by molar-refractivity contribution is 7.89. The molecule has 8 nitrogen and oxygen atoms in total. The van der Waals surface area contributed by atoms with Gasteiger partial charge in [-0.15, -0.1) is 0 Å². The van der Waals surface area contributed by atoms with Crippen molar-refractivity contribution in [3.05, 3.63) is 12.5 Å². The van der Waals surface area contributed by atoms with Crippen LogP contribution in [0.4, 0.5) is 0 Å². The molecule has 1 unspecified atom stereocenters. The number of hydrogen-bond donors (Lipinski definition) is 2. The Bertz CT molecular complexity index is 577. The molecule has 1 aliphatic rings. The SMILES string of the molecule is Cn1cnc(S(=O)(=O)N(CC(N)=O)C2CCCNC2)c1. The first kappa shape index (κ1) is 14.9. The van der Waals surface area contributed by atoms with E-state index in [9.17, 15) is 13.2 Å². The molecule has 0 radical (unpaired) electrons. The number of aromatic nitrogens is 2. The Morgan fingerprint density at radius 3 is 2.90 bits per heavy atom. The molecule has 9 heteroatoms. The van der Waals surface area contributed by atoms with Gasteiger partial charge in [0.25, 0.3) is 10.0 Å². The fraction of sp³-hybridized carbons (Fsp3) is 0.636. The van der Waals surface area contributed by atoms with E-state index >= 15 is 0 Å². The molecule has 1 amide bonds. The van der Waals surface area contributed by atoms with E-state index in [4.69, 9.17) is 5.73 Å². The van der Waals surface area contributed by atoms with Gasteiger partial charge in [-0.2, -0.15) is 4.31 Å². The number of amides is 1. The summed E-state index contributed by atoms with van der Waals surface area (Å²) in [4.78, 5) is 15.1. The maximum Gasteiger partial charge on any atom is 0.262 e. The van der Waals surface area contributed by atoms with Gasteiger partial charge in [0, 0.05) is 25.8 Å². The van der Waals surface area contributed by atoms with Crippen LogP contribution in [0.2, 0.25) is 0 Å². The van der Waals surface area contributed by atoms with Crippen molar-refractivity contribution in [2.75, 3.05) is 19.6 Å². The maximum absolute atomic E-state index is 12.6. The molecule has 2 rings (SSSR count). The largest absolute Gasteiger partial charge is 0.369 e. The van der Waals surface area contributed by atoms with E-state index in [0.717, 1.165) is 17.3 Å². The van der Waals surface area contributed by atoms with Crippen molar-refractivity contribution in [1.29, 1.82) is 0 Å². The Balaban J connectivity index is 2.31. The average Bonchev–Trinajstić information content (AvgIpc) is 2.84. The second kappa shape index (κ2) is 5.90. The van der Waals surface area contributed by atoms with E-state index in [2.05, 4.69) is 10.3 Å². The van der Waals surface area contributed by atoms with Crippen LogP contribution < -0.4 is 11.1 Å². The Kier molecular flexibility index (Phi) is 4.41. The molecule has 1 atom stereocenters. The number of carbonyl (C=O) groups is 1. The second-order valence-corrected chi connectivity index (χ2v) is 6.73. The topological polar surface area (TPSA) is 110 Å². The van der Waals surface area contributed by atoms with Gasteiger partial charge in [-0.3, -0.25) is 4.79 Å². The van der Waals surface area contributed by atoms with Gasteiger partial charge in [-0.05, 0) is 19.4 Å². The smallest absolute Gasteiger partial charge is 0.262 e. The fourth-order valence-corrected chi connectivity index (χ4v) is 3.88. The van der Waals surface area contributed by atoms with Gasteiger partial charge in [-0.1, -0.05) is 0 Å². The van der Waals surface area contributed by atoms with E-state index in [0.29, 0.717) is 13.0 Å². The lowest BCUT2D eigenvalue weighted by Gasteiger charge is -2.32. The third kappa shape index (κ3) is 3.17. The van der Waals surface area contributed by atoms with Crippen molar-refractivity contribution in [3.63, 3.8) is 0 Å². The van der Waals surface area contributed by atoms with Crippen LogP contribution in [0, 0.1) is 0 Å². The van der Waals surface area contributed by atoms with E-state index in [1.54, 1.807) is 11.6 Å². The van der Waals surface area contributed by atoms with E-state index < -0.39 is 15.9 Å². The number of rotatable bonds is 5. The highest BCUT2D eigenvalue weighted by Gasteiger charge is 2.34. The first-order valence-corrected chi connectivity index (χ1v) is 7.84. The Morgan fingerprint density at radius 2 is 2.40 bits per heavy atom. The van der Waals surface area contributed by atoms with Crippen LogP contribution in [0.3, 0.4) is 0 Å². The number of hydrogen-bond acceptors (Lipinski definition) is 5. The number of imidazole rings is 1. The van der Waals surface area contributed by atoms with Gasteiger partial charge >= 0.3 is 0 Å². The van der Waals surface area contributed by atoms with Crippen LogP contribution in [0.1, 0.15) is 12.8 Å². The molecule has 0 bridgehead atoms. The third-order valence-electron chi connectivity index (χ3n) is 3.24. The summed E-state index contributed by atoms with van der Waals surface area (Å²) in [6, 6.07) is -0.275. The molecule has 2 heterocycles. The van der Waals surface area contributed by atoms with Gasteiger partial charge in [-0.25, -0.2) is 13.4 Å². The number of nitrogens with one attached hydrogen (secondary N) is 1. The molecule has 20 heavy (non-hydrogen) atoms. The molecular formula is C11H19N5O3S. The lowest BCUT2D eigenvalue weighted by atomic mass is 10.1. The molecule has 112 valence electrons. The normalized spacial score (nSPS) is 20.2. The van der Waals surface area contributed by atoms with Gasteiger partial charge in [0.1, 0.15) is 0 Å². The number of piperidine rings is 1. The molecule has 1 aromatic heterocycles. The van der Waals surface area contributed by atoms with E-state index in [1.807, 2.05) is 0 Å². The summed E-state index contributed by atoms with van der Waals surface area (Å²) < 4.78 is 27.9. The lowest BCUT2D eigenvalue weighted by molar-refractivity contribution is -0.118. The summed E-state index contributed by atoms with van der Waals surface area (Å²) >= 11 is 0. The Morgan fingerprint density at radius 1 is 1.65 bits per heavy atom. The molecule has 0 saturated carbocycles. The minimum atomic E-state index is -3.81. The Hall–Kier alpha value is -1.45. The summed E-state index contributed by atoms with van der Waals surface area (Å²) in [6.07, 6.45) is 4.39. The van der Waals surface area contributed by atoms with Crippen molar-refractivity contribution >= 4 is 15.9 Å². The van der Waals surface area contributed by atoms with Gasteiger partial charge < -0.3 is 15.6 Å². The molecule has 3 N–H and O–H groups in total. The quantitative estimate of drug-likeness (QED) is 0.698. The number of primary amides is 1. The zero-order valence-corrected chi connectivity index (χ0v) is 12.1. The molecule has 0 aromatic carbocycles. The van der Waals surface area contributed by atoms with Crippen molar-refractivity contribution in [3.8, 4) is 0 Å². The van der Waals surface area contributed by atoms with Gasteiger partial charge in [0.05, 0.1) is 12.9 Å². The molecule has 1 aliphatic heterocycles. The summed E-state index contributed by atoms with van der Waals surface area (Å²) in [5.74, 6) is -0.671. The van der Waals surface area contributed by atoms with Gasteiger partial charge in [0.2, 0.25) is 5.91 Å². The van der Waals surface area contributed by atoms with Crippen LogP contribution in [-0.4, -0.2) is 53.9 Å². The molecule has 1 aromatic rings. The zero-order valence-electron chi connectivity index (χ0n) is 11.3. The predicted molar refractivity (Wildman–Crippen MR) is 72.2 cm³/mol. The number of nitrogens with two attached hydrogens (primary N) is 1. The molecule has 0 aliphatic carbocycles. The fourth-order valence-electron chi connectivity index (χ4n) is 2.29. The van der Waals surface area contributed by atoms with Crippen molar-refractivity contribution in [1.82, 2.24) is 19.2 Å². The van der Waals surface area contributed by atoms with Crippen molar-refractivity contribution < 1.29 is 13.2 Å². The molecule has 1 saturated heterocycles. The van der Waals surface area contributed by atoms with Crippen LogP contribution in [-0.2, 0) is 21.9 Å². The molecule has 0 spiro atoms. The predicted octanol–water partition coefficient (Wildman–Crippen LogP) is -1.35. The third-order valence-corrected chi connectivity index (χ3v) is 5.03. The van der Waals surface area contributed by atoms with E-state index in [1.165, 1.54) is 12.5 Å². The molecule has 1 fully saturated rings. The van der Waals surface area contributed by atoms with Gasteiger partial charge in [0.15, 0.2) is 5.03 Å². The van der Waals surface area contributed by atoms with Crippen LogP contribution in [0.15, 0.2) is 17.6 Å². The second-order valence-electron chi connectivity index (χ2n) is 4.89. The van der Waals surface area contributed by atoms with Crippen molar-refractivity contribution in [2.45, 2.75) is 23.9 Å². The van der Waals surface area contributed by atoms with Crippen LogP contribution in [0.25, 0.3) is 0 Å². The van der Waals surface area contributed by atoms with E-state index in [-0.39, 0.29) is 17.6 Å². The standard InChI is InChI=1S/C11H19N5O3S/c1-15-7-11(14-8-15)20(18,19)16(6-10(12)17)9-3-2-4-13-5-9/h7-9,13H,2-6H2,1H3,(H2,12,17). The highest BCUT2D eigenvalue weighted by Crippen LogP contribution is 2.19. The summed E-state index contributed by atoms with van der Waals surface area (Å²) in [5.41, 5.74) is 5.19. The minimum absolute atomic E-state index is 0.0631. The van der Waals surface area contributed by atoms with Crippen molar-refractivity contribution in [2.24, 2.45) is 12.8 Å². The number of aryl methyl sites for hydroxylation is 1.